The van der Waals surface area contributed by atoms with Crippen molar-refractivity contribution in [2.24, 2.45) is 11.8 Å². The summed E-state index contributed by atoms with van der Waals surface area (Å²) in [6, 6.07) is 9.27. The van der Waals surface area contributed by atoms with E-state index in [0.717, 1.165) is 36.1 Å². The van der Waals surface area contributed by atoms with Crippen molar-refractivity contribution in [3.05, 3.63) is 46.5 Å². The number of hydrogen-bond acceptors (Lipinski definition) is 3. The predicted molar refractivity (Wildman–Crippen MR) is 138 cm³/mol. The summed E-state index contributed by atoms with van der Waals surface area (Å²) in [6.07, 6.45) is 16.9. The van der Waals surface area contributed by atoms with Crippen LogP contribution in [0.25, 0.3) is 21.9 Å². The second kappa shape index (κ2) is 8.51. The molecule has 0 amide bonds. The Morgan fingerprint density at radius 2 is 1.21 bits per heavy atom. The molecule has 174 valence electrons. The molecule has 0 N–H and O–H groups in total. The molecule has 2 atom stereocenters. The minimum Gasteiger partial charge on any atom is -0.408 e. The summed E-state index contributed by atoms with van der Waals surface area (Å²) >= 11 is 0. The van der Waals surface area contributed by atoms with Crippen LogP contribution in [-0.4, -0.2) is 13.1 Å². The van der Waals surface area contributed by atoms with Crippen molar-refractivity contribution in [1.82, 2.24) is 0 Å². The van der Waals surface area contributed by atoms with E-state index in [1.807, 2.05) is 0 Å². The van der Waals surface area contributed by atoms with Crippen molar-refractivity contribution >= 4 is 30.1 Å². The van der Waals surface area contributed by atoms with Crippen LogP contribution in [0.15, 0.2) is 32.7 Å². The molecule has 3 nitrogen and oxygen atoms in total. The first-order valence-electron chi connectivity index (χ1n) is 13.6. The molecule has 2 fully saturated rings. The van der Waals surface area contributed by atoms with Gasteiger partial charge < -0.3 is 8.39 Å². The highest BCUT2D eigenvalue weighted by atomic mass is 31.1. The van der Waals surface area contributed by atoms with Crippen molar-refractivity contribution in [3.8, 4) is 0 Å². The SMILES string of the molecule is c1cc2op(N3CCC4CCCCC4C3)oc3ccc4c(c3c2c2c1CCCC2)CCCC4. The van der Waals surface area contributed by atoms with Gasteiger partial charge in [0.1, 0.15) is 11.2 Å². The average Bonchev–Trinajstić information content (AvgIpc) is 3.06. The van der Waals surface area contributed by atoms with Crippen LogP contribution in [0.2, 0.25) is 0 Å². The first kappa shape index (κ1) is 20.7. The van der Waals surface area contributed by atoms with Gasteiger partial charge in [0.2, 0.25) is 0 Å². The Kier molecular flexibility index (Phi) is 5.32. The van der Waals surface area contributed by atoms with E-state index in [0.29, 0.717) is 0 Å². The van der Waals surface area contributed by atoms with E-state index in [4.69, 9.17) is 8.39 Å². The fraction of sp³-hybridized carbons (Fsp3) is 0.586. The van der Waals surface area contributed by atoms with Gasteiger partial charge >= 0.3 is 8.16 Å². The third kappa shape index (κ3) is 3.58. The Morgan fingerprint density at radius 3 is 1.85 bits per heavy atom. The van der Waals surface area contributed by atoms with E-state index in [1.165, 1.54) is 105 Å². The quantitative estimate of drug-likeness (QED) is 0.366. The Bertz CT molecular complexity index is 1170. The molecule has 0 bridgehead atoms. The van der Waals surface area contributed by atoms with Crippen molar-refractivity contribution in [3.63, 3.8) is 0 Å². The fourth-order valence-electron chi connectivity index (χ4n) is 7.35. The van der Waals surface area contributed by atoms with Crippen LogP contribution in [0, 0.1) is 11.8 Å². The van der Waals surface area contributed by atoms with Crippen LogP contribution in [-0.2, 0) is 25.7 Å². The molecule has 2 heterocycles. The van der Waals surface area contributed by atoms with E-state index >= 15 is 0 Å². The van der Waals surface area contributed by atoms with Crippen LogP contribution in [0.1, 0.15) is 80.0 Å². The Labute approximate surface area is 198 Å². The molecule has 4 aliphatic rings. The van der Waals surface area contributed by atoms with E-state index in [-0.39, 0.29) is 0 Å². The zero-order valence-corrected chi connectivity index (χ0v) is 20.7. The van der Waals surface area contributed by atoms with Crippen LogP contribution in [0.3, 0.4) is 0 Å². The van der Waals surface area contributed by atoms with Gasteiger partial charge in [-0.05, 0) is 110 Å². The van der Waals surface area contributed by atoms with Gasteiger partial charge in [-0.2, -0.15) is 0 Å². The maximum absolute atomic E-state index is 6.88. The summed E-state index contributed by atoms with van der Waals surface area (Å²) in [4.78, 5) is 0. The van der Waals surface area contributed by atoms with Gasteiger partial charge in [0.05, 0.1) is 0 Å². The molecule has 1 aromatic heterocycles. The monoisotopic (exact) mass is 461 g/mol. The third-order valence-electron chi connectivity index (χ3n) is 9.09. The van der Waals surface area contributed by atoms with E-state index in [2.05, 4.69) is 28.9 Å². The number of rotatable bonds is 1. The summed E-state index contributed by atoms with van der Waals surface area (Å²) in [7, 11) is -1.12. The lowest BCUT2D eigenvalue weighted by Gasteiger charge is -2.39. The number of benzene rings is 2. The molecular formula is C29H36NO2P. The van der Waals surface area contributed by atoms with Gasteiger partial charge in [0.15, 0.2) is 0 Å². The molecule has 3 aliphatic carbocycles. The molecule has 3 aromatic rings. The first-order chi connectivity index (χ1) is 16.3. The number of nitrogens with zero attached hydrogens (tertiary/aromatic N) is 1. The summed E-state index contributed by atoms with van der Waals surface area (Å²) in [5.41, 5.74) is 8.35. The highest BCUT2D eigenvalue weighted by Crippen LogP contribution is 2.46. The molecule has 4 heteroatoms. The van der Waals surface area contributed by atoms with E-state index < -0.39 is 8.16 Å². The number of fused-ring (bicyclic) bond motifs is 8. The van der Waals surface area contributed by atoms with Crippen LogP contribution in [0.4, 0.5) is 0 Å². The number of aryl methyl sites for hydroxylation is 4. The summed E-state index contributed by atoms with van der Waals surface area (Å²) in [5, 5.41) is 2.78. The zero-order chi connectivity index (χ0) is 21.8. The standard InChI is InChI=1S/C29H36NO2P/c1-2-10-23-19-30(18-17-20(23)7-1)33-31-26-15-13-21-8-3-5-11-24(21)28(26)29-25-12-6-4-9-22(25)14-16-27(29)32-33/h13-16,20,23H,1-12,17-19H2. The van der Waals surface area contributed by atoms with Gasteiger partial charge in [0.25, 0.3) is 0 Å². The second-order valence-electron chi connectivity index (χ2n) is 11.0. The molecule has 0 radical (unpaired) electrons. The van der Waals surface area contributed by atoms with Gasteiger partial charge in [0, 0.05) is 23.9 Å². The Hall–Kier alpha value is -1.70. The van der Waals surface area contributed by atoms with Crippen molar-refractivity contribution < 1.29 is 8.39 Å². The molecule has 1 saturated carbocycles. The maximum Gasteiger partial charge on any atom is 0.309 e. The van der Waals surface area contributed by atoms with Crippen molar-refractivity contribution in [1.29, 1.82) is 0 Å². The number of piperidine rings is 1. The van der Waals surface area contributed by atoms with Gasteiger partial charge in [-0.1, -0.05) is 31.4 Å². The molecule has 1 aliphatic heterocycles. The van der Waals surface area contributed by atoms with Crippen LogP contribution in [0.5, 0.6) is 0 Å². The van der Waals surface area contributed by atoms with Gasteiger partial charge in [-0.3, -0.25) is 0 Å². The average molecular weight is 462 g/mol. The summed E-state index contributed by atoms with van der Waals surface area (Å²) < 4.78 is 16.3. The lowest BCUT2D eigenvalue weighted by Crippen LogP contribution is -2.40. The zero-order valence-electron chi connectivity index (χ0n) is 19.8. The van der Waals surface area contributed by atoms with Crippen molar-refractivity contribution in [2.75, 3.05) is 17.8 Å². The number of hydrogen-bond donors (Lipinski definition) is 0. The molecule has 2 unspecified atom stereocenters. The van der Waals surface area contributed by atoms with Crippen LogP contribution >= 0.6 is 8.16 Å². The Balaban J connectivity index is 1.47. The Morgan fingerprint density at radius 1 is 0.636 bits per heavy atom. The highest BCUT2D eigenvalue weighted by molar-refractivity contribution is 7.39. The largest absolute Gasteiger partial charge is 0.408 e. The lowest BCUT2D eigenvalue weighted by molar-refractivity contribution is 0.205. The normalized spacial score (nSPS) is 25.5. The van der Waals surface area contributed by atoms with E-state index in [9.17, 15) is 0 Å². The van der Waals surface area contributed by atoms with Gasteiger partial charge in [-0.15, -0.1) is 0 Å². The highest BCUT2D eigenvalue weighted by Gasteiger charge is 2.33. The van der Waals surface area contributed by atoms with Crippen molar-refractivity contribution in [2.45, 2.75) is 83.5 Å². The molecular weight excluding hydrogens is 425 g/mol. The lowest BCUT2D eigenvalue weighted by atomic mass is 9.76. The van der Waals surface area contributed by atoms with Gasteiger partial charge in [-0.25, -0.2) is 4.67 Å². The second-order valence-corrected chi connectivity index (χ2v) is 12.4. The smallest absolute Gasteiger partial charge is 0.309 e. The molecule has 33 heavy (non-hydrogen) atoms. The summed E-state index contributed by atoms with van der Waals surface area (Å²) in [6.45, 7) is 2.27. The predicted octanol–water partition coefficient (Wildman–Crippen LogP) is 8.20. The van der Waals surface area contributed by atoms with Crippen LogP contribution < -0.4 is 4.67 Å². The minimum absolute atomic E-state index is 0.830. The topological polar surface area (TPSA) is 29.5 Å². The first-order valence-corrected chi connectivity index (χ1v) is 14.7. The molecule has 1 saturated heterocycles. The third-order valence-corrected chi connectivity index (χ3v) is 10.6. The molecule has 2 aromatic carbocycles. The molecule has 0 spiro atoms. The fourth-order valence-corrected chi connectivity index (χ4v) is 8.88. The molecule has 7 rings (SSSR count). The van der Waals surface area contributed by atoms with E-state index in [1.54, 1.807) is 11.1 Å². The summed E-state index contributed by atoms with van der Waals surface area (Å²) in [5.74, 6) is 1.76. The maximum atomic E-state index is 6.88. The minimum atomic E-state index is -1.12.